The molecule has 0 spiro atoms. The number of aliphatic imine (C=N–C) groups is 1. The smallest absolute Gasteiger partial charge is 0.123 e. The fourth-order valence-corrected chi connectivity index (χ4v) is 0.431. The predicted molar refractivity (Wildman–Crippen MR) is 28.8 cm³/mol. The Bertz CT molecular complexity index is 116. The van der Waals surface area contributed by atoms with Gasteiger partial charge in [0.1, 0.15) is 5.84 Å². The largest absolute Gasteiger partial charge is 0.323 e. The molecule has 0 aromatic carbocycles. The van der Waals surface area contributed by atoms with Crippen LogP contribution in [0.3, 0.4) is 0 Å². The van der Waals surface area contributed by atoms with Gasteiger partial charge in [-0.1, -0.05) is 0 Å². The first-order valence-electron chi connectivity index (χ1n) is 2.11. The summed E-state index contributed by atoms with van der Waals surface area (Å²) < 4.78 is 0. The summed E-state index contributed by atoms with van der Waals surface area (Å²) in [6.07, 6.45) is 1.66. The molecule has 3 nitrogen and oxygen atoms in total. The molecule has 1 heterocycles. The number of nitrogens with one attached hydrogen (secondary N) is 1. The molecule has 38 valence electrons. The van der Waals surface area contributed by atoms with Crippen molar-refractivity contribution in [1.82, 2.24) is 4.90 Å². The standard InChI is InChI=1S/C4H7N3/c1-7-3-6-2-4(7)5/h3,5H,2H2,1H3. The zero-order chi connectivity index (χ0) is 5.28. The Morgan fingerprint density at radius 2 is 2.71 bits per heavy atom. The minimum absolute atomic E-state index is 0.552. The van der Waals surface area contributed by atoms with Gasteiger partial charge >= 0.3 is 0 Å². The third-order valence-electron chi connectivity index (χ3n) is 0.922. The van der Waals surface area contributed by atoms with Gasteiger partial charge < -0.3 is 4.90 Å². The summed E-state index contributed by atoms with van der Waals surface area (Å²) in [5.74, 6) is 0.569. The summed E-state index contributed by atoms with van der Waals surface area (Å²) in [5.41, 5.74) is 0. The maximum atomic E-state index is 7.06. The molecule has 1 aliphatic rings. The lowest BCUT2D eigenvalue weighted by Crippen LogP contribution is -2.19. The SMILES string of the molecule is CN1C=NCC1=N. The van der Waals surface area contributed by atoms with Crippen molar-refractivity contribution in [1.29, 1.82) is 5.41 Å². The maximum absolute atomic E-state index is 7.06. The molecule has 0 radical (unpaired) electrons. The first-order valence-corrected chi connectivity index (χ1v) is 2.11. The number of hydrogen-bond acceptors (Lipinski definition) is 2. The molecule has 1 rings (SSSR count). The first-order chi connectivity index (χ1) is 3.30. The van der Waals surface area contributed by atoms with Crippen LogP contribution in [0, 0.1) is 5.41 Å². The van der Waals surface area contributed by atoms with Crippen LogP contribution in [0.15, 0.2) is 4.99 Å². The van der Waals surface area contributed by atoms with E-state index < -0.39 is 0 Å². The van der Waals surface area contributed by atoms with Crippen molar-refractivity contribution in [2.75, 3.05) is 13.6 Å². The minimum Gasteiger partial charge on any atom is -0.323 e. The first kappa shape index (κ1) is 4.30. The van der Waals surface area contributed by atoms with Gasteiger partial charge in [-0.15, -0.1) is 0 Å². The molecule has 0 fully saturated rings. The minimum atomic E-state index is 0.552. The van der Waals surface area contributed by atoms with Crippen molar-refractivity contribution < 1.29 is 0 Å². The molecule has 3 heteroatoms. The fourth-order valence-electron chi connectivity index (χ4n) is 0.431. The molecule has 0 aliphatic carbocycles. The van der Waals surface area contributed by atoms with Crippen LogP contribution >= 0.6 is 0 Å². The Morgan fingerprint density at radius 1 is 2.00 bits per heavy atom. The van der Waals surface area contributed by atoms with Crippen molar-refractivity contribution in [3.05, 3.63) is 0 Å². The number of hydrogen-bond donors (Lipinski definition) is 1. The molecule has 0 saturated heterocycles. The van der Waals surface area contributed by atoms with E-state index in [1.807, 2.05) is 7.05 Å². The van der Waals surface area contributed by atoms with E-state index in [4.69, 9.17) is 5.41 Å². The molecule has 0 unspecified atom stereocenters. The van der Waals surface area contributed by atoms with Crippen LogP contribution < -0.4 is 0 Å². The third kappa shape index (κ3) is 0.607. The van der Waals surface area contributed by atoms with E-state index in [1.54, 1.807) is 11.2 Å². The van der Waals surface area contributed by atoms with Crippen molar-refractivity contribution in [2.45, 2.75) is 0 Å². The van der Waals surface area contributed by atoms with Crippen LogP contribution in [0.5, 0.6) is 0 Å². The lowest BCUT2D eigenvalue weighted by Gasteiger charge is -2.02. The van der Waals surface area contributed by atoms with Gasteiger partial charge in [0.05, 0.1) is 12.9 Å². The van der Waals surface area contributed by atoms with Gasteiger partial charge in [-0.25, -0.2) is 0 Å². The van der Waals surface area contributed by atoms with Crippen LogP contribution in [0.4, 0.5) is 0 Å². The summed E-state index contributed by atoms with van der Waals surface area (Å²) >= 11 is 0. The van der Waals surface area contributed by atoms with E-state index in [0.717, 1.165) is 0 Å². The van der Waals surface area contributed by atoms with Crippen LogP contribution in [0.25, 0.3) is 0 Å². The molecule has 0 aromatic rings. The lowest BCUT2D eigenvalue weighted by molar-refractivity contribution is 0.783. The van der Waals surface area contributed by atoms with Crippen molar-refractivity contribution in [3.63, 3.8) is 0 Å². The van der Waals surface area contributed by atoms with Gasteiger partial charge in [-0.2, -0.15) is 0 Å². The second-order valence-corrected chi connectivity index (χ2v) is 1.51. The van der Waals surface area contributed by atoms with Gasteiger partial charge in [-0.05, 0) is 0 Å². The van der Waals surface area contributed by atoms with Gasteiger partial charge in [0.2, 0.25) is 0 Å². The van der Waals surface area contributed by atoms with E-state index in [-0.39, 0.29) is 0 Å². The Kier molecular flexibility index (Phi) is 0.817. The molecule has 7 heavy (non-hydrogen) atoms. The Labute approximate surface area is 42.2 Å². The Morgan fingerprint density at radius 3 is 2.86 bits per heavy atom. The number of amidine groups is 1. The van der Waals surface area contributed by atoms with Gasteiger partial charge in [0.25, 0.3) is 0 Å². The van der Waals surface area contributed by atoms with Gasteiger partial charge in [0.15, 0.2) is 0 Å². The maximum Gasteiger partial charge on any atom is 0.123 e. The molecule has 1 N–H and O–H groups in total. The van der Waals surface area contributed by atoms with Crippen molar-refractivity contribution in [2.24, 2.45) is 4.99 Å². The lowest BCUT2D eigenvalue weighted by atomic mass is 10.6. The Hall–Kier alpha value is -0.860. The summed E-state index contributed by atoms with van der Waals surface area (Å²) in [5, 5.41) is 7.06. The van der Waals surface area contributed by atoms with E-state index in [1.165, 1.54) is 0 Å². The number of likely N-dealkylation sites (N-methyl/N-ethyl adjacent to an activating group) is 1. The van der Waals surface area contributed by atoms with Crippen LogP contribution in [-0.4, -0.2) is 30.7 Å². The molecule has 0 aromatic heterocycles. The highest BCUT2D eigenvalue weighted by molar-refractivity contribution is 5.95. The monoisotopic (exact) mass is 97.1 g/mol. The number of rotatable bonds is 0. The predicted octanol–water partition coefficient (Wildman–Crippen LogP) is -0.0626. The summed E-state index contributed by atoms with van der Waals surface area (Å²) in [6, 6.07) is 0. The zero-order valence-corrected chi connectivity index (χ0v) is 4.18. The average molecular weight is 97.1 g/mol. The van der Waals surface area contributed by atoms with Crippen molar-refractivity contribution >= 4 is 12.2 Å². The molecular weight excluding hydrogens is 90.1 g/mol. The second kappa shape index (κ2) is 1.33. The quantitative estimate of drug-likeness (QED) is 0.452. The van der Waals surface area contributed by atoms with E-state index in [0.29, 0.717) is 12.4 Å². The normalized spacial score (nSPS) is 19.0. The van der Waals surface area contributed by atoms with E-state index in [2.05, 4.69) is 4.99 Å². The average Bonchev–Trinajstić information content (AvgIpc) is 1.91. The zero-order valence-electron chi connectivity index (χ0n) is 4.18. The Balaban J connectivity index is 2.62. The van der Waals surface area contributed by atoms with Crippen LogP contribution in [0.1, 0.15) is 0 Å². The molecule has 0 atom stereocenters. The summed E-state index contributed by atoms with van der Waals surface area (Å²) in [4.78, 5) is 5.52. The molecule has 1 aliphatic heterocycles. The summed E-state index contributed by atoms with van der Waals surface area (Å²) in [6.45, 7) is 0.552. The van der Waals surface area contributed by atoms with Gasteiger partial charge in [0, 0.05) is 7.05 Å². The molecule has 0 amide bonds. The van der Waals surface area contributed by atoms with Gasteiger partial charge in [-0.3, -0.25) is 10.4 Å². The fraction of sp³-hybridized carbons (Fsp3) is 0.500. The van der Waals surface area contributed by atoms with Crippen molar-refractivity contribution in [3.8, 4) is 0 Å². The third-order valence-corrected chi connectivity index (χ3v) is 0.922. The topological polar surface area (TPSA) is 39.5 Å². The highest BCUT2D eigenvalue weighted by atomic mass is 15.2. The van der Waals surface area contributed by atoms with E-state index in [9.17, 15) is 0 Å². The number of nitrogens with zero attached hydrogens (tertiary/aromatic N) is 2. The van der Waals surface area contributed by atoms with Crippen LogP contribution in [0.2, 0.25) is 0 Å². The summed E-state index contributed by atoms with van der Waals surface area (Å²) in [7, 11) is 1.82. The van der Waals surface area contributed by atoms with E-state index >= 15 is 0 Å². The molecule has 0 bridgehead atoms. The highest BCUT2D eigenvalue weighted by Crippen LogP contribution is 1.88. The highest BCUT2D eigenvalue weighted by Gasteiger charge is 2.04. The molecular formula is C4H7N3. The second-order valence-electron chi connectivity index (χ2n) is 1.51. The molecule has 0 saturated carbocycles. The van der Waals surface area contributed by atoms with Crippen LogP contribution in [-0.2, 0) is 0 Å².